The van der Waals surface area contributed by atoms with Crippen LogP contribution in [0.1, 0.15) is 12.8 Å². The van der Waals surface area contributed by atoms with E-state index in [1.807, 2.05) is 0 Å². The Morgan fingerprint density at radius 2 is 2.10 bits per heavy atom. The van der Waals surface area contributed by atoms with Gasteiger partial charge in [0.25, 0.3) is 0 Å². The molecule has 0 unspecified atom stereocenters. The second kappa shape index (κ2) is 2.51. The van der Waals surface area contributed by atoms with Crippen LogP contribution in [0.2, 0.25) is 0 Å². The summed E-state index contributed by atoms with van der Waals surface area (Å²) in [6.07, 6.45) is 2.88. The summed E-state index contributed by atoms with van der Waals surface area (Å²) < 4.78 is 0. The molecule has 1 saturated carbocycles. The van der Waals surface area contributed by atoms with Gasteiger partial charge in [-0.25, -0.2) is 0 Å². The zero-order chi connectivity index (χ0) is 6.97. The van der Waals surface area contributed by atoms with Gasteiger partial charge in [-0.1, -0.05) is 0 Å². The fraction of sp³-hybridized carbons (Fsp3) is 1.00. The highest BCUT2D eigenvalue weighted by molar-refractivity contribution is 4.86. The van der Waals surface area contributed by atoms with Gasteiger partial charge in [0.1, 0.15) is 0 Å². The molecule has 0 radical (unpaired) electrons. The molecular formula is C8H16N2. The Morgan fingerprint density at radius 3 is 2.50 bits per heavy atom. The lowest BCUT2D eigenvalue weighted by Crippen LogP contribution is -2.47. The molecule has 10 heavy (non-hydrogen) atoms. The second-order valence-electron chi connectivity index (χ2n) is 3.70. The molecule has 1 heterocycles. The quantitative estimate of drug-likeness (QED) is 0.606. The maximum absolute atomic E-state index is 3.30. The molecule has 0 aromatic carbocycles. The van der Waals surface area contributed by atoms with Crippen LogP contribution in [-0.2, 0) is 0 Å². The predicted octanol–water partition coefficient (Wildman–Crippen LogP) is 0.300. The molecule has 0 atom stereocenters. The van der Waals surface area contributed by atoms with Gasteiger partial charge in [0.15, 0.2) is 0 Å². The molecule has 2 rings (SSSR count). The van der Waals surface area contributed by atoms with Crippen LogP contribution < -0.4 is 5.32 Å². The van der Waals surface area contributed by atoms with Gasteiger partial charge in [-0.05, 0) is 25.8 Å². The first-order valence-electron chi connectivity index (χ1n) is 4.27. The average molecular weight is 140 g/mol. The molecule has 0 amide bonds. The minimum absolute atomic E-state index is 0.945. The topological polar surface area (TPSA) is 15.3 Å². The first-order chi connectivity index (χ1) is 4.86. The third kappa shape index (κ3) is 1.32. The summed E-state index contributed by atoms with van der Waals surface area (Å²) in [6, 6.07) is 0.945. The van der Waals surface area contributed by atoms with Crippen molar-refractivity contribution in [3.8, 4) is 0 Å². The van der Waals surface area contributed by atoms with Gasteiger partial charge in [0, 0.05) is 25.7 Å². The van der Waals surface area contributed by atoms with E-state index in [-0.39, 0.29) is 0 Å². The SMILES string of the molecule is CN(CC1CNC1)C1CC1. The molecule has 2 aliphatic rings. The van der Waals surface area contributed by atoms with Crippen molar-refractivity contribution in [2.24, 2.45) is 5.92 Å². The fourth-order valence-corrected chi connectivity index (χ4v) is 1.55. The van der Waals surface area contributed by atoms with Gasteiger partial charge in [-0.2, -0.15) is 0 Å². The maximum atomic E-state index is 3.30. The third-order valence-corrected chi connectivity index (χ3v) is 2.58. The van der Waals surface area contributed by atoms with Gasteiger partial charge in [-0.15, -0.1) is 0 Å². The summed E-state index contributed by atoms with van der Waals surface area (Å²) in [7, 11) is 2.26. The third-order valence-electron chi connectivity index (χ3n) is 2.58. The molecule has 1 aliphatic carbocycles. The lowest BCUT2D eigenvalue weighted by atomic mass is 10.0. The minimum atomic E-state index is 0.945. The fourth-order valence-electron chi connectivity index (χ4n) is 1.55. The lowest BCUT2D eigenvalue weighted by Gasteiger charge is -2.31. The van der Waals surface area contributed by atoms with Crippen LogP contribution in [-0.4, -0.2) is 37.6 Å². The monoisotopic (exact) mass is 140 g/mol. The predicted molar refractivity (Wildman–Crippen MR) is 42.0 cm³/mol. The maximum Gasteiger partial charge on any atom is 0.00935 e. The highest BCUT2D eigenvalue weighted by atomic mass is 15.2. The molecule has 0 aromatic rings. The Hall–Kier alpha value is -0.0800. The van der Waals surface area contributed by atoms with Crippen LogP contribution in [0.4, 0.5) is 0 Å². The Bertz CT molecular complexity index is 116. The number of hydrogen-bond donors (Lipinski definition) is 1. The summed E-state index contributed by atoms with van der Waals surface area (Å²) in [5.74, 6) is 0.950. The van der Waals surface area contributed by atoms with E-state index in [1.165, 1.54) is 32.5 Å². The minimum Gasteiger partial charge on any atom is -0.316 e. The molecule has 1 aliphatic heterocycles. The zero-order valence-corrected chi connectivity index (χ0v) is 6.64. The average Bonchev–Trinajstić information content (AvgIpc) is 2.58. The van der Waals surface area contributed by atoms with E-state index >= 15 is 0 Å². The van der Waals surface area contributed by atoms with E-state index in [9.17, 15) is 0 Å². The Kier molecular flexibility index (Phi) is 1.66. The van der Waals surface area contributed by atoms with E-state index in [0.29, 0.717) is 0 Å². The van der Waals surface area contributed by atoms with Crippen molar-refractivity contribution >= 4 is 0 Å². The molecule has 0 bridgehead atoms. The smallest absolute Gasteiger partial charge is 0.00935 e. The molecule has 2 heteroatoms. The Labute approximate surface area is 62.6 Å². The largest absolute Gasteiger partial charge is 0.316 e. The van der Waals surface area contributed by atoms with E-state index < -0.39 is 0 Å². The summed E-state index contributed by atoms with van der Waals surface area (Å²) in [5, 5.41) is 3.30. The molecule has 1 N–H and O–H groups in total. The Morgan fingerprint density at radius 1 is 1.40 bits per heavy atom. The molecule has 58 valence electrons. The summed E-state index contributed by atoms with van der Waals surface area (Å²) in [5.41, 5.74) is 0. The van der Waals surface area contributed by atoms with Gasteiger partial charge >= 0.3 is 0 Å². The second-order valence-corrected chi connectivity index (χ2v) is 3.70. The van der Waals surface area contributed by atoms with Crippen LogP contribution in [0.5, 0.6) is 0 Å². The van der Waals surface area contributed by atoms with Crippen molar-refractivity contribution in [1.29, 1.82) is 0 Å². The molecule has 1 saturated heterocycles. The van der Waals surface area contributed by atoms with E-state index in [1.54, 1.807) is 0 Å². The van der Waals surface area contributed by atoms with Gasteiger partial charge < -0.3 is 10.2 Å². The van der Waals surface area contributed by atoms with E-state index in [4.69, 9.17) is 0 Å². The van der Waals surface area contributed by atoms with Crippen LogP contribution in [0.3, 0.4) is 0 Å². The highest BCUT2D eigenvalue weighted by Crippen LogP contribution is 2.26. The number of hydrogen-bond acceptors (Lipinski definition) is 2. The summed E-state index contributed by atoms with van der Waals surface area (Å²) in [6.45, 7) is 3.81. The number of nitrogens with one attached hydrogen (secondary N) is 1. The van der Waals surface area contributed by atoms with E-state index in [0.717, 1.165) is 12.0 Å². The lowest BCUT2D eigenvalue weighted by molar-refractivity contribution is 0.217. The van der Waals surface area contributed by atoms with Crippen molar-refractivity contribution in [3.63, 3.8) is 0 Å². The van der Waals surface area contributed by atoms with Crippen LogP contribution in [0.25, 0.3) is 0 Å². The van der Waals surface area contributed by atoms with Crippen molar-refractivity contribution in [1.82, 2.24) is 10.2 Å². The number of nitrogens with zero attached hydrogens (tertiary/aromatic N) is 1. The van der Waals surface area contributed by atoms with Crippen molar-refractivity contribution in [3.05, 3.63) is 0 Å². The van der Waals surface area contributed by atoms with Crippen LogP contribution >= 0.6 is 0 Å². The molecule has 0 aromatic heterocycles. The normalized spacial score (nSPS) is 27.0. The van der Waals surface area contributed by atoms with E-state index in [2.05, 4.69) is 17.3 Å². The summed E-state index contributed by atoms with van der Waals surface area (Å²) in [4.78, 5) is 2.52. The first-order valence-corrected chi connectivity index (χ1v) is 4.27. The van der Waals surface area contributed by atoms with Gasteiger partial charge in [0.2, 0.25) is 0 Å². The molecule has 2 fully saturated rings. The molecule has 0 spiro atoms. The molecule has 2 nitrogen and oxygen atoms in total. The van der Waals surface area contributed by atoms with Crippen molar-refractivity contribution < 1.29 is 0 Å². The van der Waals surface area contributed by atoms with Crippen molar-refractivity contribution in [2.75, 3.05) is 26.7 Å². The van der Waals surface area contributed by atoms with Crippen molar-refractivity contribution in [2.45, 2.75) is 18.9 Å². The first kappa shape index (κ1) is 6.62. The Balaban J connectivity index is 1.67. The zero-order valence-electron chi connectivity index (χ0n) is 6.64. The standard InChI is InChI=1S/C8H16N2/c1-10(8-2-3-8)6-7-4-9-5-7/h7-9H,2-6H2,1H3. The highest BCUT2D eigenvalue weighted by Gasteiger charge is 2.28. The van der Waals surface area contributed by atoms with Gasteiger partial charge in [0.05, 0.1) is 0 Å². The van der Waals surface area contributed by atoms with Crippen LogP contribution in [0, 0.1) is 5.92 Å². The van der Waals surface area contributed by atoms with Gasteiger partial charge in [-0.3, -0.25) is 0 Å². The number of rotatable bonds is 3. The van der Waals surface area contributed by atoms with Crippen LogP contribution in [0.15, 0.2) is 0 Å². The summed E-state index contributed by atoms with van der Waals surface area (Å²) >= 11 is 0. The molecular weight excluding hydrogens is 124 g/mol.